The second-order valence-electron chi connectivity index (χ2n) is 7.68. The van der Waals surface area contributed by atoms with Crippen LogP contribution in [0.2, 0.25) is 0 Å². The van der Waals surface area contributed by atoms with Gasteiger partial charge in [0.1, 0.15) is 11.4 Å². The van der Waals surface area contributed by atoms with Gasteiger partial charge in [0.2, 0.25) is 0 Å². The van der Waals surface area contributed by atoms with Crippen LogP contribution in [0.1, 0.15) is 66.2 Å². The van der Waals surface area contributed by atoms with Crippen LogP contribution < -0.4 is 10.6 Å². The molecule has 27 heavy (non-hydrogen) atoms. The summed E-state index contributed by atoms with van der Waals surface area (Å²) < 4.78 is 5.51. The van der Waals surface area contributed by atoms with Crippen LogP contribution in [0.4, 0.5) is 0 Å². The van der Waals surface area contributed by atoms with Gasteiger partial charge in [-0.1, -0.05) is 53.4 Å². The largest absolute Gasteiger partial charge is 0.389 e. The lowest BCUT2D eigenvalue weighted by Crippen LogP contribution is -2.11. The van der Waals surface area contributed by atoms with Crippen LogP contribution in [0.3, 0.4) is 0 Å². The molecule has 0 bridgehead atoms. The highest BCUT2D eigenvalue weighted by atomic mass is 16.5. The highest BCUT2D eigenvalue weighted by molar-refractivity contribution is 5.00. The third kappa shape index (κ3) is 17.4. The highest BCUT2D eigenvalue weighted by Gasteiger charge is 2.00. The van der Waals surface area contributed by atoms with Crippen molar-refractivity contribution in [2.24, 2.45) is 22.1 Å². The molecule has 0 atom stereocenters. The van der Waals surface area contributed by atoms with Gasteiger partial charge in [-0.05, 0) is 24.7 Å². The van der Waals surface area contributed by atoms with Gasteiger partial charge >= 0.3 is 0 Å². The molecular formula is C20H40N6O. The fourth-order valence-corrected chi connectivity index (χ4v) is 2.41. The van der Waals surface area contributed by atoms with Crippen molar-refractivity contribution in [3.63, 3.8) is 0 Å². The Morgan fingerprint density at radius 2 is 1.19 bits per heavy atom. The summed E-state index contributed by atoms with van der Waals surface area (Å²) in [6.45, 7) is 11.1. The number of nitrogens with one attached hydrogen (secondary N) is 4. The first-order valence-electron chi connectivity index (χ1n) is 10.2. The second-order valence-corrected chi connectivity index (χ2v) is 7.68. The Bertz CT molecular complexity index is 406. The van der Waals surface area contributed by atoms with E-state index in [4.69, 9.17) is 15.8 Å². The summed E-state index contributed by atoms with van der Waals surface area (Å²) in [7, 11) is 0. The maximum atomic E-state index is 7.22. The van der Waals surface area contributed by atoms with Gasteiger partial charge < -0.3 is 15.4 Å². The van der Waals surface area contributed by atoms with Crippen LogP contribution in [-0.2, 0) is 4.74 Å². The molecule has 7 nitrogen and oxygen atoms in total. The molecule has 0 fully saturated rings. The summed E-state index contributed by atoms with van der Waals surface area (Å²) >= 11 is 0. The maximum Gasteiger partial charge on any atom is 0.104 e. The topological polar surface area (TPSA) is 106 Å². The van der Waals surface area contributed by atoms with Crippen LogP contribution in [0.25, 0.3) is 0 Å². The van der Waals surface area contributed by atoms with Crippen molar-refractivity contribution >= 4 is 0 Å². The van der Waals surface area contributed by atoms with Crippen LogP contribution in [0.15, 0.2) is 34.0 Å². The molecule has 0 saturated heterocycles. The molecule has 0 aromatic carbocycles. The van der Waals surface area contributed by atoms with Gasteiger partial charge in [-0.2, -0.15) is 10.2 Å². The van der Waals surface area contributed by atoms with Crippen molar-refractivity contribution in [1.29, 1.82) is 11.1 Å². The minimum atomic E-state index is 0.226. The van der Waals surface area contributed by atoms with Crippen LogP contribution >= 0.6 is 0 Å². The summed E-state index contributed by atoms with van der Waals surface area (Å²) in [4.78, 5) is 0. The van der Waals surface area contributed by atoms with Gasteiger partial charge in [0.15, 0.2) is 0 Å². The summed E-state index contributed by atoms with van der Waals surface area (Å²) in [5.74, 6) is 1.49. The fraction of sp³-hybridized carbons (Fsp3) is 0.800. The Hall–Kier alpha value is -1.76. The average molecular weight is 381 g/mol. The maximum absolute atomic E-state index is 7.22. The molecule has 0 aliphatic heterocycles. The molecular weight excluding hydrogens is 340 g/mol. The van der Waals surface area contributed by atoms with Gasteiger partial charge in [0.05, 0.1) is 13.2 Å². The fourth-order valence-electron chi connectivity index (χ4n) is 2.41. The predicted molar refractivity (Wildman–Crippen MR) is 111 cm³/mol. The van der Waals surface area contributed by atoms with Crippen molar-refractivity contribution in [2.75, 3.05) is 26.3 Å². The minimum Gasteiger partial charge on any atom is -0.389 e. The molecule has 0 aliphatic rings. The molecule has 0 saturated carbocycles. The molecule has 0 spiro atoms. The van der Waals surface area contributed by atoms with Crippen molar-refractivity contribution in [3.8, 4) is 0 Å². The van der Waals surface area contributed by atoms with Crippen molar-refractivity contribution < 1.29 is 4.74 Å². The number of hydrogen-bond acceptors (Lipinski definition) is 7. The lowest BCUT2D eigenvalue weighted by Gasteiger charge is -2.07. The third-order valence-electron chi connectivity index (χ3n) is 4.03. The normalized spacial score (nSPS) is 12.5. The minimum absolute atomic E-state index is 0.226. The summed E-state index contributed by atoms with van der Waals surface area (Å²) in [6, 6.07) is 0. The van der Waals surface area contributed by atoms with Gasteiger partial charge in [0.25, 0.3) is 0 Å². The van der Waals surface area contributed by atoms with E-state index in [0.717, 1.165) is 37.8 Å². The van der Waals surface area contributed by atoms with Gasteiger partial charge in [-0.15, -0.1) is 0 Å². The zero-order valence-electron chi connectivity index (χ0n) is 17.7. The van der Waals surface area contributed by atoms with E-state index in [2.05, 4.69) is 48.6 Å². The standard InChI is InChI=1S/C20H40N6O/c1-17(2)9-5-7-11-23-13-19(25-21)15-27-16-20(26-22)14-24-12-8-6-10-18(3)4/h13-14,17-18,21-24H,5-12,15-16H2,1-4H3/b19-13-,20-14-,25-21?,26-22?. The predicted octanol–water partition coefficient (Wildman–Crippen LogP) is 5.58. The Balaban J connectivity index is 3.94. The monoisotopic (exact) mass is 380 g/mol. The average Bonchev–Trinajstić information content (AvgIpc) is 2.63. The molecule has 4 N–H and O–H groups in total. The zero-order valence-corrected chi connectivity index (χ0v) is 17.7. The van der Waals surface area contributed by atoms with E-state index >= 15 is 0 Å². The first-order chi connectivity index (χ1) is 13.0. The van der Waals surface area contributed by atoms with E-state index < -0.39 is 0 Å². The zero-order chi connectivity index (χ0) is 20.3. The number of nitrogens with zero attached hydrogens (tertiary/aromatic N) is 2. The van der Waals surface area contributed by atoms with Crippen molar-refractivity contribution in [3.05, 3.63) is 23.8 Å². The van der Waals surface area contributed by atoms with E-state index in [-0.39, 0.29) is 13.2 Å². The number of hydrogen-bond donors (Lipinski definition) is 4. The molecule has 0 radical (unpaired) electrons. The quantitative estimate of drug-likeness (QED) is 0.184. The lowest BCUT2D eigenvalue weighted by molar-refractivity contribution is 0.176. The van der Waals surface area contributed by atoms with Crippen LogP contribution in [-0.4, -0.2) is 26.3 Å². The molecule has 0 heterocycles. The first-order valence-corrected chi connectivity index (χ1v) is 10.2. The van der Waals surface area contributed by atoms with E-state index in [1.54, 1.807) is 12.4 Å². The summed E-state index contributed by atoms with van der Waals surface area (Å²) in [6.07, 6.45) is 10.6. The molecule has 7 heteroatoms. The molecule has 156 valence electrons. The second kappa shape index (κ2) is 17.6. The lowest BCUT2D eigenvalue weighted by atomic mass is 10.1. The van der Waals surface area contributed by atoms with Crippen LogP contribution in [0, 0.1) is 22.9 Å². The Morgan fingerprint density at radius 3 is 1.52 bits per heavy atom. The summed E-state index contributed by atoms with van der Waals surface area (Å²) in [5.41, 5.74) is 15.5. The molecule has 0 aliphatic carbocycles. The Labute approximate surface area is 165 Å². The smallest absolute Gasteiger partial charge is 0.104 e. The van der Waals surface area contributed by atoms with E-state index in [1.165, 1.54) is 25.7 Å². The van der Waals surface area contributed by atoms with Gasteiger partial charge in [0, 0.05) is 25.5 Å². The molecule has 0 amide bonds. The van der Waals surface area contributed by atoms with Crippen molar-refractivity contribution in [2.45, 2.75) is 66.2 Å². The van der Waals surface area contributed by atoms with Gasteiger partial charge in [-0.25, -0.2) is 11.1 Å². The first kappa shape index (κ1) is 25.2. The Kier molecular flexibility index (Phi) is 16.5. The van der Waals surface area contributed by atoms with E-state index in [1.807, 2.05) is 0 Å². The molecule has 0 rings (SSSR count). The third-order valence-corrected chi connectivity index (χ3v) is 4.03. The SMILES string of the molecule is CC(C)CCCCN/C=C(/COC/C(=C/NCCCCC(C)C)N=N)N=N. The molecule has 0 unspecified atom stereocenters. The van der Waals surface area contributed by atoms with Gasteiger partial charge in [-0.3, -0.25) is 0 Å². The number of ether oxygens (including phenoxy) is 1. The van der Waals surface area contributed by atoms with E-state index in [0.29, 0.717) is 11.4 Å². The van der Waals surface area contributed by atoms with Crippen LogP contribution in [0.5, 0.6) is 0 Å². The van der Waals surface area contributed by atoms with E-state index in [9.17, 15) is 0 Å². The van der Waals surface area contributed by atoms with Crippen molar-refractivity contribution in [1.82, 2.24) is 10.6 Å². The molecule has 0 aromatic heterocycles. The number of rotatable bonds is 18. The Morgan fingerprint density at radius 1 is 0.778 bits per heavy atom. The highest BCUT2D eigenvalue weighted by Crippen LogP contribution is 2.06. The molecule has 0 aromatic rings. The summed E-state index contributed by atoms with van der Waals surface area (Å²) in [5, 5.41) is 13.3. The number of unbranched alkanes of at least 4 members (excludes halogenated alkanes) is 2.